The van der Waals surface area contributed by atoms with Crippen molar-refractivity contribution in [3.8, 4) is 0 Å². The molecule has 0 aliphatic carbocycles. The van der Waals surface area contributed by atoms with Crippen molar-refractivity contribution in [2.45, 2.75) is 39.3 Å². The molecule has 0 radical (unpaired) electrons. The number of benzene rings is 1. The Morgan fingerprint density at radius 2 is 1.83 bits per heavy atom. The summed E-state index contributed by atoms with van der Waals surface area (Å²) in [5.74, 6) is 1.36. The average Bonchev–Trinajstić information content (AvgIpc) is 2.84. The zero-order valence-corrected chi connectivity index (χ0v) is 22.4. The van der Waals surface area contributed by atoms with Crippen LogP contribution in [0.5, 0.6) is 0 Å². The van der Waals surface area contributed by atoms with Crippen molar-refractivity contribution in [1.82, 2.24) is 19.4 Å². The van der Waals surface area contributed by atoms with Crippen LogP contribution in [-0.4, -0.2) is 52.7 Å². The molecule has 3 heterocycles. The third kappa shape index (κ3) is 6.41. The van der Waals surface area contributed by atoms with Gasteiger partial charge in [0, 0.05) is 49.4 Å². The van der Waals surface area contributed by atoms with E-state index in [1.165, 1.54) is 18.5 Å². The first kappa shape index (κ1) is 25.2. The quantitative estimate of drug-likeness (QED) is 0.413. The third-order valence-electron chi connectivity index (χ3n) is 6.26. The fourth-order valence-electron chi connectivity index (χ4n) is 4.34. The van der Waals surface area contributed by atoms with E-state index in [1.807, 2.05) is 24.4 Å². The molecular weight excluding hydrogens is 506 g/mol. The molecule has 0 spiro atoms. The molecule has 1 aliphatic heterocycles. The van der Waals surface area contributed by atoms with E-state index in [4.69, 9.17) is 0 Å². The molecule has 0 unspecified atom stereocenters. The molecule has 1 aliphatic rings. The predicted octanol–water partition coefficient (Wildman–Crippen LogP) is 5.07. The summed E-state index contributed by atoms with van der Waals surface area (Å²) >= 11 is 3.49. The molecule has 0 bridgehead atoms. The van der Waals surface area contributed by atoms with Gasteiger partial charge in [-0.05, 0) is 85.2 Å². The molecule has 1 saturated heterocycles. The standard InChI is InChI=1S/C26H34BrN7O/c1-18(2)17-34-13-5-6-23(25(34)35)30-24-22(27)16-28-26(31-24)29-19-7-9-21(10-8-19)33-14-11-20(12-15-33)32(3)4/h5-10,13,16,18,20H,11-12,14-15,17H2,1-4H3,(H2,28,29,30,31). The number of rotatable bonds is 8. The molecule has 8 nitrogen and oxygen atoms in total. The number of piperidine rings is 1. The summed E-state index contributed by atoms with van der Waals surface area (Å²) in [6.45, 7) is 6.98. The Labute approximate surface area is 215 Å². The lowest BCUT2D eigenvalue weighted by atomic mass is 10.0. The van der Waals surface area contributed by atoms with E-state index in [0.29, 0.717) is 40.4 Å². The van der Waals surface area contributed by atoms with Gasteiger partial charge in [-0.15, -0.1) is 0 Å². The summed E-state index contributed by atoms with van der Waals surface area (Å²) in [6, 6.07) is 12.7. The second-order valence-corrected chi connectivity index (χ2v) is 10.5. The van der Waals surface area contributed by atoms with E-state index in [0.717, 1.165) is 18.8 Å². The zero-order chi connectivity index (χ0) is 24.9. The first-order valence-electron chi connectivity index (χ1n) is 12.1. The van der Waals surface area contributed by atoms with Crippen molar-refractivity contribution in [3.63, 3.8) is 0 Å². The molecule has 0 atom stereocenters. The van der Waals surface area contributed by atoms with Gasteiger partial charge in [0.05, 0.1) is 4.47 Å². The third-order valence-corrected chi connectivity index (χ3v) is 6.84. The highest BCUT2D eigenvalue weighted by Gasteiger charge is 2.20. The van der Waals surface area contributed by atoms with Crippen LogP contribution in [0.4, 0.5) is 28.8 Å². The van der Waals surface area contributed by atoms with E-state index < -0.39 is 0 Å². The fraction of sp³-hybridized carbons (Fsp3) is 0.423. The minimum absolute atomic E-state index is 0.0774. The Morgan fingerprint density at radius 1 is 1.11 bits per heavy atom. The second kappa shape index (κ2) is 11.2. The summed E-state index contributed by atoms with van der Waals surface area (Å²) in [5, 5.41) is 6.43. The van der Waals surface area contributed by atoms with Crippen molar-refractivity contribution >= 4 is 44.8 Å². The number of halogens is 1. The van der Waals surface area contributed by atoms with Gasteiger partial charge in [0.1, 0.15) is 5.69 Å². The highest BCUT2D eigenvalue weighted by molar-refractivity contribution is 9.10. The monoisotopic (exact) mass is 539 g/mol. The van der Waals surface area contributed by atoms with Crippen LogP contribution in [-0.2, 0) is 6.54 Å². The minimum Gasteiger partial charge on any atom is -0.371 e. The fourth-order valence-corrected chi connectivity index (χ4v) is 4.63. The molecule has 2 aromatic heterocycles. The Balaban J connectivity index is 1.44. The van der Waals surface area contributed by atoms with Gasteiger partial charge in [0.15, 0.2) is 5.82 Å². The van der Waals surface area contributed by atoms with E-state index in [2.05, 4.69) is 86.4 Å². The molecule has 4 rings (SSSR count). The number of pyridine rings is 1. The largest absolute Gasteiger partial charge is 0.371 e. The maximum absolute atomic E-state index is 12.8. The maximum Gasteiger partial charge on any atom is 0.274 e. The van der Waals surface area contributed by atoms with Crippen LogP contribution in [0.3, 0.4) is 0 Å². The zero-order valence-electron chi connectivity index (χ0n) is 20.8. The number of hydrogen-bond donors (Lipinski definition) is 2. The summed E-state index contributed by atoms with van der Waals surface area (Å²) in [4.78, 5) is 26.6. The molecule has 186 valence electrons. The van der Waals surface area contributed by atoms with E-state index in [-0.39, 0.29) is 5.56 Å². The SMILES string of the molecule is CC(C)Cn1cccc(Nc2nc(Nc3ccc(N4CCC(N(C)C)CC4)cc3)ncc2Br)c1=O. The lowest BCUT2D eigenvalue weighted by Gasteiger charge is -2.36. The van der Waals surface area contributed by atoms with E-state index >= 15 is 0 Å². The van der Waals surface area contributed by atoms with Crippen LogP contribution < -0.4 is 21.1 Å². The highest BCUT2D eigenvalue weighted by atomic mass is 79.9. The van der Waals surface area contributed by atoms with Gasteiger partial charge in [-0.2, -0.15) is 4.98 Å². The number of hydrogen-bond acceptors (Lipinski definition) is 7. The van der Waals surface area contributed by atoms with Gasteiger partial charge in [0.2, 0.25) is 5.95 Å². The molecule has 1 aromatic carbocycles. The Hall–Kier alpha value is -2.91. The lowest BCUT2D eigenvalue weighted by molar-refractivity contribution is 0.249. The van der Waals surface area contributed by atoms with Crippen molar-refractivity contribution in [2.75, 3.05) is 42.7 Å². The van der Waals surface area contributed by atoms with Gasteiger partial charge >= 0.3 is 0 Å². The molecule has 9 heteroatoms. The topological polar surface area (TPSA) is 78.3 Å². The number of anilines is 5. The van der Waals surface area contributed by atoms with Crippen LogP contribution in [0, 0.1) is 5.92 Å². The lowest BCUT2D eigenvalue weighted by Crippen LogP contribution is -2.41. The number of nitrogens with one attached hydrogen (secondary N) is 2. The van der Waals surface area contributed by atoms with Gasteiger partial charge in [-0.3, -0.25) is 4.79 Å². The van der Waals surface area contributed by atoms with Crippen LogP contribution in [0.1, 0.15) is 26.7 Å². The average molecular weight is 541 g/mol. The number of nitrogens with zero attached hydrogens (tertiary/aromatic N) is 5. The first-order chi connectivity index (χ1) is 16.8. The van der Waals surface area contributed by atoms with Crippen LogP contribution in [0.2, 0.25) is 0 Å². The molecule has 0 amide bonds. The summed E-state index contributed by atoms with van der Waals surface area (Å²) in [6.07, 6.45) is 5.85. The molecule has 35 heavy (non-hydrogen) atoms. The van der Waals surface area contributed by atoms with Crippen molar-refractivity contribution in [1.29, 1.82) is 0 Å². The highest BCUT2D eigenvalue weighted by Crippen LogP contribution is 2.26. The van der Waals surface area contributed by atoms with Crippen LogP contribution >= 0.6 is 15.9 Å². The van der Waals surface area contributed by atoms with Crippen LogP contribution in [0.25, 0.3) is 0 Å². The Kier molecular flexibility index (Phi) is 8.07. The van der Waals surface area contributed by atoms with Gasteiger partial charge in [-0.1, -0.05) is 13.8 Å². The molecule has 0 saturated carbocycles. The Bertz CT molecular complexity index is 1190. The first-order valence-corrected chi connectivity index (χ1v) is 12.9. The number of aromatic nitrogens is 3. The van der Waals surface area contributed by atoms with Gasteiger partial charge in [0.25, 0.3) is 5.56 Å². The van der Waals surface area contributed by atoms with Gasteiger partial charge < -0.3 is 25.0 Å². The van der Waals surface area contributed by atoms with Gasteiger partial charge in [-0.25, -0.2) is 4.98 Å². The van der Waals surface area contributed by atoms with E-state index in [9.17, 15) is 4.79 Å². The molecule has 1 fully saturated rings. The second-order valence-electron chi connectivity index (χ2n) is 9.64. The Morgan fingerprint density at radius 3 is 2.49 bits per heavy atom. The van der Waals surface area contributed by atoms with Crippen molar-refractivity contribution in [3.05, 3.63) is 63.6 Å². The van der Waals surface area contributed by atoms with E-state index in [1.54, 1.807) is 16.8 Å². The predicted molar refractivity (Wildman–Crippen MR) is 147 cm³/mol. The van der Waals surface area contributed by atoms with Crippen molar-refractivity contribution < 1.29 is 0 Å². The summed E-state index contributed by atoms with van der Waals surface area (Å²) < 4.78 is 2.39. The maximum atomic E-state index is 12.8. The summed E-state index contributed by atoms with van der Waals surface area (Å²) in [5.41, 5.74) is 2.53. The molecular formula is C26H34BrN7O. The molecule has 3 aromatic rings. The van der Waals surface area contributed by atoms with Crippen LogP contribution in [0.15, 0.2) is 58.1 Å². The van der Waals surface area contributed by atoms with Crippen molar-refractivity contribution in [2.24, 2.45) is 5.92 Å². The minimum atomic E-state index is -0.0774. The summed E-state index contributed by atoms with van der Waals surface area (Å²) in [7, 11) is 4.32. The normalized spacial score (nSPS) is 14.5. The molecule has 2 N–H and O–H groups in total. The smallest absolute Gasteiger partial charge is 0.274 e.